The number of rotatable bonds is 8. The number of hydrogen-bond donors (Lipinski definition) is 2. The number of carboxylic acids is 1. The van der Waals surface area contributed by atoms with Gasteiger partial charge < -0.3 is 24.7 Å². The number of carboxylic acid groups (broad SMARTS) is 1. The van der Waals surface area contributed by atoms with Gasteiger partial charge in [-0.3, -0.25) is 14.6 Å². The molecule has 0 bridgehead atoms. The van der Waals surface area contributed by atoms with Crippen LogP contribution in [0.25, 0.3) is 11.3 Å². The molecule has 222 valence electrons. The Hall–Kier alpha value is -4.12. The Morgan fingerprint density at radius 2 is 1.74 bits per heavy atom. The van der Waals surface area contributed by atoms with Crippen LogP contribution in [0, 0.1) is 24.5 Å². The highest BCUT2D eigenvalue weighted by molar-refractivity contribution is 5.77. The molecule has 9 nitrogen and oxygen atoms in total. The maximum atomic E-state index is 15.1. The van der Waals surface area contributed by atoms with Crippen molar-refractivity contribution < 1.29 is 33.3 Å². The van der Waals surface area contributed by atoms with Gasteiger partial charge in [-0.25, -0.2) is 13.8 Å². The van der Waals surface area contributed by atoms with Gasteiger partial charge in [0.25, 0.3) is 0 Å². The van der Waals surface area contributed by atoms with E-state index in [-0.39, 0.29) is 35.7 Å². The van der Waals surface area contributed by atoms with Gasteiger partial charge in [0.1, 0.15) is 24.8 Å². The number of benzene rings is 1. The molecule has 0 saturated carbocycles. The number of halogens is 2. The Balaban J connectivity index is 1.30. The van der Waals surface area contributed by atoms with E-state index in [1.54, 1.807) is 23.1 Å². The highest BCUT2D eigenvalue weighted by Gasteiger charge is 2.27. The largest absolute Gasteiger partial charge is 0.485 e. The van der Waals surface area contributed by atoms with Gasteiger partial charge in [-0.15, -0.1) is 0 Å². The molecule has 0 spiro atoms. The van der Waals surface area contributed by atoms with Gasteiger partial charge in [-0.05, 0) is 56.9 Å². The minimum absolute atomic E-state index is 0.0144. The fourth-order valence-electron chi connectivity index (χ4n) is 5.67. The average Bonchev–Trinajstić information content (AvgIpc) is 3.00. The van der Waals surface area contributed by atoms with Crippen molar-refractivity contribution in [2.75, 3.05) is 37.7 Å². The van der Waals surface area contributed by atoms with Gasteiger partial charge in [-0.2, -0.15) is 0 Å². The average molecular weight is 581 g/mol. The number of ether oxygens (including phenoxy) is 1. The van der Waals surface area contributed by atoms with Crippen LogP contribution < -0.4 is 9.64 Å². The normalized spacial score (nSPS) is 16.5. The second-order valence-electron chi connectivity index (χ2n) is 10.8. The summed E-state index contributed by atoms with van der Waals surface area (Å²) in [4.78, 5) is 36.1. The second kappa shape index (κ2) is 12.8. The van der Waals surface area contributed by atoms with Gasteiger partial charge in [0.2, 0.25) is 5.91 Å². The molecule has 2 aliphatic heterocycles. The lowest BCUT2D eigenvalue weighted by Crippen LogP contribution is -2.39. The van der Waals surface area contributed by atoms with E-state index < -0.39 is 24.2 Å². The van der Waals surface area contributed by atoms with E-state index in [4.69, 9.17) is 14.8 Å². The molecule has 1 aromatic carbocycles. The zero-order chi connectivity index (χ0) is 29.8. The van der Waals surface area contributed by atoms with Crippen molar-refractivity contribution in [2.24, 2.45) is 5.92 Å². The molecule has 0 atom stereocenters. The van der Waals surface area contributed by atoms with E-state index in [0.29, 0.717) is 50.5 Å². The van der Waals surface area contributed by atoms with Crippen LogP contribution in [-0.2, 0) is 16.2 Å². The number of likely N-dealkylation sites (tertiary alicyclic amines) is 1. The Morgan fingerprint density at radius 3 is 2.40 bits per heavy atom. The summed E-state index contributed by atoms with van der Waals surface area (Å²) in [5, 5.41) is 18.4. The number of aliphatic hydroxyl groups excluding tert-OH is 1. The molecule has 0 aliphatic carbocycles. The molecule has 2 saturated heterocycles. The van der Waals surface area contributed by atoms with Crippen LogP contribution in [0.5, 0.6) is 5.75 Å². The number of aryl methyl sites for hydroxylation is 1. The molecule has 2 aliphatic rings. The van der Waals surface area contributed by atoms with Crippen molar-refractivity contribution in [3.05, 3.63) is 71.1 Å². The number of hydrogen-bond acceptors (Lipinski definition) is 7. The third-order valence-electron chi connectivity index (χ3n) is 8.18. The molecule has 1 amide bonds. The number of aromatic nitrogens is 2. The fourth-order valence-corrected chi connectivity index (χ4v) is 5.67. The van der Waals surface area contributed by atoms with Gasteiger partial charge in [0, 0.05) is 60.7 Å². The van der Waals surface area contributed by atoms with Gasteiger partial charge >= 0.3 is 5.97 Å². The minimum Gasteiger partial charge on any atom is -0.485 e. The molecule has 2 aromatic heterocycles. The Kier molecular flexibility index (Phi) is 8.96. The van der Waals surface area contributed by atoms with E-state index in [2.05, 4.69) is 4.98 Å². The number of carbonyl (C=O) groups is 2. The molecule has 2 N–H and O–H groups in total. The summed E-state index contributed by atoms with van der Waals surface area (Å²) in [5.74, 6) is -2.36. The first-order chi connectivity index (χ1) is 20.2. The third kappa shape index (κ3) is 6.51. The van der Waals surface area contributed by atoms with E-state index in [1.807, 2.05) is 24.0 Å². The minimum atomic E-state index is -0.842. The number of carbonyl (C=O) groups excluding carboxylic acids is 1. The lowest BCUT2D eigenvalue weighted by atomic mass is 9.92. The molecule has 11 heteroatoms. The standard InChI is InChI=1S/C31H34F2N4O5/c1-19-22(5-6-26(34-19)20-7-13-37(14-8-20)29(39)17-38)18-42-30-24(15-23(32)16-25(30)33)27-3-2-4-28(35-27)36-11-9-21(10-12-36)31(40)41/h2-6,15-16,20-21,38H,7-14,17-18H2,1H3,(H,40,41). The number of amides is 1. The number of anilines is 1. The van der Waals surface area contributed by atoms with Crippen LogP contribution in [-0.4, -0.2) is 69.7 Å². The summed E-state index contributed by atoms with van der Waals surface area (Å²) in [7, 11) is 0. The molecule has 2 fully saturated rings. The van der Waals surface area contributed by atoms with Crippen LogP contribution in [0.2, 0.25) is 0 Å². The number of aliphatic hydroxyl groups is 1. The molecule has 5 rings (SSSR count). The summed E-state index contributed by atoms with van der Waals surface area (Å²) < 4.78 is 35.4. The fraction of sp³-hybridized carbons (Fsp3) is 0.419. The number of piperidine rings is 2. The maximum Gasteiger partial charge on any atom is 0.306 e. The van der Waals surface area contributed by atoms with Crippen molar-refractivity contribution in [1.82, 2.24) is 14.9 Å². The SMILES string of the molecule is Cc1nc(C2CCN(C(=O)CO)CC2)ccc1COc1c(F)cc(F)cc1-c1cccc(N2CCC(C(=O)O)CC2)n1. The van der Waals surface area contributed by atoms with Gasteiger partial charge in [0.15, 0.2) is 11.6 Å². The maximum absolute atomic E-state index is 15.1. The number of nitrogens with zero attached hydrogens (tertiary/aromatic N) is 4. The summed E-state index contributed by atoms with van der Waals surface area (Å²) in [6.45, 7) is 3.57. The van der Waals surface area contributed by atoms with Crippen LogP contribution in [0.1, 0.15) is 48.6 Å². The first-order valence-electron chi connectivity index (χ1n) is 14.2. The monoisotopic (exact) mass is 580 g/mol. The zero-order valence-corrected chi connectivity index (χ0v) is 23.4. The molecule has 0 radical (unpaired) electrons. The van der Waals surface area contributed by atoms with Crippen LogP contribution in [0.15, 0.2) is 42.5 Å². The van der Waals surface area contributed by atoms with E-state index in [0.717, 1.165) is 35.9 Å². The van der Waals surface area contributed by atoms with Crippen molar-refractivity contribution in [3.8, 4) is 17.0 Å². The molecule has 42 heavy (non-hydrogen) atoms. The van der Waals surface area contributed by atoms with Crippen LogP contribution in [0.3, 0.4) is 0 Å². The molecular formula is C31H34F2N4O5. The van der Waals surface area contributed by atoms with Gasteiger partial charge in [-0.1, -0.05) is 12.1 Å². The van der Waals surface area contributed by atoms with E-state index in [1.165, 1.54) is 6.07 Å². The lowest BCUT2D eigenvalue weighted by molar-refractivity contribution is -0.142. The zero-order valence-electron chi connectivity index (χ0n) is 23.4. The molecule has 4 heterocycles. The summed E-state index contributed by atoms with van der Waals surface area (Å²) in [6.07, 6.45) is 2.50. The molecule has 0 unspecified atom stereocenters. The first-order valence-corrected chi connectivity index (χ1v) is 14.2. The molecule has 3 aromatic rings. The van der Waals surface area contributed by atoms with E-state index in [9.17, 15) is 19.1 Å². The summed E-state index contributed by atoms with van der Waals surface area (Å²) >= 11 is 0. The highest BCUT2D eigenvalue weighted by Crippen LogP contribution is 2.35. The quantitative estimate of drug-likeness (QED) is 0.405. The summed E-state index contributed by atoms with van der Waals surface area (Å²) in [6, 6.07) is 11.0. The Morgan fingerprint density at radius 1 is 1.00 bits per heavy atom. The van der Waals surface area contributed by atoms with Crippen molar-refractivity contribution in [2.45, 2.75) is 45.1 Å². The number of aliphatic carboxylic acids is 1. The van der Waals surface area contributed by atoms with Crippen LogP contribution in [0.4, 0.5) is 14.6 Å². The third-order valence-corrected chi connectivity index (χ3v) is 8.18. The van der Waals surface area contributed by atoms with Crippen molar-refractivity contribution in [1.29, 1.82) is 0 Å². The smallest absolute Gasteiger partial charge is 0.306 e. The second-order valence-corrected chi connectivity index (χ2v) is 10.8. The highest BCUT2D eigenvalue weighted by atomic mass is 19.1. The van der Waals surface area contributed by atoms with Crippen molar-refractivity contribution in [3.63, 3.8) is 0 Å². The summed E-state index contributed by atoms with van der Waals surface area (Å²) in [5.41, 5.74) is 2.92. The van der Waals surface area contributed by atoms with Crippen LogP contribution >= 0.6 is 0 Å². The molecular weight excluding hydrogens is 546 g/mol. The topological polar surface area (TPSA) is 116 Å². The van der Waals surface area contributed by atoms with Gasteiger partial charge in [0.05, 0.1) is 11.6 Å². The Labute approximate surface area is 242 Å². The first kappa shape index (κ1) is 29.4. The van der Waals surface area contributed by atoms with E-state index >= 15 is 4.39 Å². The Bertz CT molecular complexity index is 1450. The predicted molar refractivity (Wildman–Crippen MR) is 151 cm³/mol. The lowest BCUT2D eigenvalue weighted by Gasteiger charge is -2.31. The predicted octanol–water partition coefficient (Wildman–Crippen LogP) is 4.31. The number of pyridine rings is 2. The van der Waals surface area contributed by atoms with Crippen molar-refractivity contribution >= 4 is 17.7 Å².